The van der Waals surface area contributed by atoms with E-state index in [4.69, 9.17) is 23.2 Å². The average Bonchev–Trinajstić information content (AvgIpc) is 3.21. The van der Waals surface area contributed by atoms with Crippen LogP contribution >= 0.6 is 23.2 Å². The minimum absolute atomic E-state index is 0.255. The minimum Gasteiger partial charge on any atom is -0.378 e. The molecule has 122 valence electrons. The van der Waals surface area contributed by atoms with Crippen LogP contribution in [0.15, 0.2) is 42.6 Å². The van der Waals surface area contributed by atoms with Crippen LogP contribution in [0, 0.1) is 5.92 Å². The Morgan fingerprint density at radius 2 is 1.75 bits per heavy atom. The molecule has 3 heterocycles. The summed E-state index contributed by atoms with van der Waals surface area (Å²) in [5, 5.41) is 10.2. The van der Waals surface area contributed by atoms with Crippen molar-refractivity contribution in [2.24, 2.45) is 5.92 Å². The first kappa shape index (κ1) is 14.6. The lowest BCUT2D eigenvalue weighted by Crippen LogP contribution is -2.32. The Bertz CT molecular complexity index is 934. The van der Waals surface area contributed by atoms with Crippen molar-refractivity contribution in [3.8, 4) is 0 Å². The van der Waals surface area contributed by atoms with Crippen molar-refractivity contribution in [1.82, 2.24) is 10.3 Å². The van der Waals surface area contributed by atoms with E-state index in [2.05, 4.69) is 40.0 Å². The van der Waals surface area contributed by atoms with Crippen LogP contribution in [0.3, 0.4) is 0 Å². The van der Waals surface area contributed by atoms with E-state index in [9.17, 15) is 0 Å². The number of aromatic amines is 1. The number of benzene rings is 2. The third-order valence-corrected chi connectivity index (χ3v) is 5.84. The normalized spacial score (nSPS) is 25.3. The molecular formula is C19H17Cl2N3. The molecule has 5 rings (SSSR count). The predicted molar refractivity (Wildman–Crippen MR) is 100.0 cm³/mol. The molecule has 2 aliphatic rings. The standard InChI is InChI=1S/C19H17Cl2N3/c20-10-1-3-16-13(7-10)15(9-23-16)19-12-5-6-22-18(12)14-8-11(21)2-4-17(14)24-19/h1-4,7-9,12,18-19,22-24H,5-6H2/t12-,18+,19+/m1/s1. The van der Waals surface area contributed by atoms with Gasteiger partial charge < -0.3 is 15.6 Å². The summed E-state index contributed by atoms with van der Waals surface area (Å²) < 4.78 is 0. The molecule has 0 amide bonds. The zero-order valence-electron chi connectivity index (χ0n) is 12.9. The van der Waals surface area contributed by atoms with Gasteiger partial charge in [-0.25, -0.2) is 0 Å². The first-order valence-corrected chi connectivity index (χ1v) is 9.02. The van der Waals surface area contributed by atoms with Gasteiger partial charge in [0.1, 0.15) is 0 Å². The van der Waals surface area contributed by atoms with Gasteiger partial charge in [-0.15, -0.1) is 0 Å². The number of hydrogen-bond donors (Lipinski definition) is 3. The molecule has 0 bridgehead atoms. The SMILES string of the molecule is Clc1ccc2c(c1)[C@H]1NCC[C@H]1[C@@H](c1c[nH]c3ccc(Cl)cc13)N2. The molecule has 5 heteroatoms. The first-order chi connectivity index (χ1) is 11.7. The Kier molecular flexibility index (Phi) is 3.30. The fourth-order valence-corrected chi connectivity index (χ4v) is 4.65. The molecular weight excluding hydrogens is 341 g/mol. The molecule has 2 aromatic carbocycles. The smallest absolute Gasteiger partial charge is 0.0581 e. The van der Waals surface area contributed by atoms with Crippen LogP contribution in [0.25, 0.3) is 10.9 Å². The molecule has 3 N–H and O–H groups in total. The van der Waals surface area contributed by atoms with Crippen LogP contribution in [0.4, 0.5) is 5.69 Å². The Balaban J connectivity index is 1.65. The van der Waals surface area contributed by atoms with Gasteiger partial charge in [0.2, 0.25) is 0 Å². The molecule has 1 saturated heterocycles. The molecule has 0 radical (unpaired) electrons. The van der Waals surface area contributed by atoms with E-state index in [1.54, 1.807) is 0 Å². The molecule has 0 unspecified atom stereocenters. The van der Waals surface area contributed by atoms with Gasteiger partial charge in [0.25, 0.3) is 0 Å². The highest BCUT2D eigenvalue weighted by Gasteiger charge is 2.41. The van der Waals surface area contributed by atoms with E-state index in [0.717, 1.165) is 34.2 Å². The Labute approximate surface area is 150 Å². The van der Waals surface area contributed by atoms with Crippen LogP contribution in [-0.4, -0.2) is 11.5 Å². The van der Waals surface area contributed by atoms with Crippen molar-refractivity contribution in [3.05, 3.63) is 63.8 Å². The van der Waals surface area contributed by atoms with Crippen LogP contribution in [0.1, 0.15) is 29.6 Å². The largest absolute Gasteiger partial charge is 0.378 e. The minimum atomic E-state index is 0.255. The molecule has 0 spiro atoms. The number of rotatable bonds is 1. The van der Waals surface area contributed by atoms with Gasteiger partial charge in [-0.3, -0.25) is 0 Å². The van der Waals surface area contributed by atoms with Gasteiger partial charge in [0.05, 0.1) is 6.04 Å². The van der Waals surface area contributed by atoms with Crippen molar-refractivity contribution >= 4 is 39.8 Å². The molecule has 2 aliphatic heterocycles. The summed E-state index contributed by atoms with van der Waals surface area (Å²) in [7, 11) is 0. The third-order valence-electron chi connectivity index (χ3n) is 5.37. The van der Waals surface area contributed by atoms with Crippen molar-refractivity contribution in [1.29, 1.82) is 0 Å². The number of hydrogen-bond acceptors (Lipinski definition) is 2. The number of anilines is 1. The van der Waals surface area contributed by atoms with Gasteiger partial charge in [0, 0.05) is 44.8 Å². The van der Waals surface area contributed by atoms with Crippen molar-refractivity contribution in [2.45, 2.75) is 18.5 Å². The number of nitrogens with one attached hydrogen (secondary N) is 3. The number of halogens is 2. The van der Waals surface area contributed by atoms with Gasteiger partial charge in [-0.1, -0.05) is 23.2 Å². The van der Waals surface area contributed by atoms with E-state index in [1.165, 1.54) is 16.5 Å². The van der Waals surface area contributed by atoms with Crippen LogP contribution in [0.2, 0.25) is 10.0 Å². The van der Waals surface area contributed by atoms with Gasteiger partial charge in [0.15, 0.2) is 0 Å². The maximum atomic E-state index is 6.23. The van der Waals surface area contributed by atoms with Crippen molar-refractivity contribution < 1.29 is 0 Å². The lowest BCUT2D eigenvalue weighted by molar-refractivity contribution is 0.392. The zero-order valence-corrected chi connectivity index (χ0v) is 14.5. The average molecular weight is 358 g/mol. The highest BCUT2D eigenvalue weighted by Crippen LogP contribution is 2.48. The van der Waals surface area contributed by atoms with E-state index in [-0.39, 0.29) is 6.04 Å². The number of aromatic nitrogens is 1. The van der Waals surface area contributed by atoms with Crippen LogP contribution in [0.5, 0.6) is 0 Å². The Morgan fingerprint density at radius 3 is 2.67 bits per heavy atom. The van der Waals surface area contributed by atoms with Crippen molar-refractivity contribution in [3.63, 3.8) is 0 Å². The zero-order chi connectivity index (χ0) is 16.3. The van der Waals surface area contributed by atoms with E-state index < -0.39 is 0 Å². The number of fused-ring (bicyclic) bond motifs is 4. The summed E-state index contributed by atoms with van der Waals surface area (Å²) in [6, 6.07) is 12.7. The maximum Gasteiger partial charge on any atom is 0.0581 e. The second-order valence-corrected chi connectivity index (χ2v) is 7.54. The lowest BCUT2D eigenvalue weighted by Gasteiger charge is -2.37. The molecule has 1 fully saturated rings. The second-order valence-electron chi connectivity index (χ2n) is 6.67. The molecule has 0 aliphatic carbocycles. The summed E-state index contributed by atoms with van der Waals surface area (Å²) in [6.07, 6.45) is 3.26. The number of H-pyrrole nitrogens is 1. The molecule has 3 nitrogen and oxygen atoms in total. The highest BCUT2D eigenvalue weighted by atomic mass is 35.5. The van der Waals surface area contributed by atoms with E-state index in [1.807, 2.05) is 18.2 Å². The highest BCUT2D eigenvalue weighted by molar-refractivity contribution is 6.31. The Hall–Kier alpha value is -1.68. The predicted octanol–water partition coefficient (Wildman–Crippen LogP) is 5.29. The molecule has 3 atom stereocenters. The second kappa shape index (κ2) is 5.41. The molecule has 1 aromatic heterocycles. The van der Waals surface area contributed by atoms with Crippen LogP contribution in [-0.2, 0) is 0 Å². The maximum absolute atomic E-state index is 6.23. The Morgan fingerprint density at radius 1 is 0.917 bits per heavy atom. The van der Waals surface area contributed by atoms with E-state index in [0.29, 0.717) is 12.0 Å². The molecule has 3 aromatic rings. The molecule has 0 saturated carbocycles. The summed E-state index contributed by atoms with van der Waals surface area (Å²) in [4.78, 5) is 3.39. The quantitative estimate of drug-likeness (QED) is 0.553. The van der Waals surface area contributed by atoms with Gasteiger partial charge >= 0.3 is 0 Å². The fraction of sp³-hybridized carbons (Fsp3) is 0.263. The molecule has 24 heavy (non-hydrogen) atoms. The summed E-state index contributed by atoms with van der Waals surface area (Å²) in [5.74, 6) is 0.494. The third kappa shape index (κ3) is 2.16. The van der Waals surface area contributed by atoms with Gasteiger partial charge in [-0.05, 0) is 60.5 Å². The first-order valence-electron chi connectivity index (χ1n) is 8.26. The summed E-state index contributed by atoms with van der Waals surface area (Å²) in [6.45, 7) is 1.03. The summed E-state index contributed by atoms with van der Waals surface area (Å²) >= 11 is 12.5. The van der Waals surface area contributed by atoms with Crippen molar-refractivity contribution in [2.75, 3.05) is 11.9 Å². The van der Waals surface area contributed by atoms with Crippen LogP contribution < -0.4 is 10.6 Å². The lowest BCUT2D eigenvalue weighted by atomic mass is 9.80. The van der Waals surface area contributed by atoms with E-state index >= 15 is 0 Å². The fourth-order valence-electron chi connectivity index (χ4n) is 4.30. The van der Waals surface area contributed by atoms with Gasteiger partial charge in [-0.2, -0.15) is 0 Å². The summed E-state index contributed by atoms with van der Waals surface area (Å²) in [5.41, 5.74) is 4.85. The monoisotopic (exact) mass is 357 g/mol. The topological polar surface area (TPSA) is 39.9 Å².